The number of rotatable bonds is 4. The third kappa shape index (κ3) is 3.06. The molecule has 5 nitrogen and oxygen atoms in total. The van der Waals surface area contributed by atoms with E-state index in [1.54, 1.807) is 18.0 Å². The summed E-state index contributed by atoms with van der Waals surface area (Å²) in [5, 5.41) is 2.81. The van der Waals surface area contributed by atoms with E-state index >= 15 is 0 Å². The van der Waals surface area contributed by atoms with E-state index in [0.29, 0.717) is 6.54 Å². The summed E-state index contributed by atoms with van der Waals surface area (Å²) in [6.45, 7) is 8.09. The largest absolute Gasteiger partial charge is 0.342 e. The van der Waals surface area contributed by atoms with Crippen LogP contribution in [0.5, 0.6) is 0 Å². The Morgan fingerprint density at radius 3 is 2.71 bits per heavy atom. The number of nitrogens with zero attached hydrogens (tertiary/aromatic N) is 2. The summed E-state index contributed by atoms with van der Waals surface area (Å²) in [7, 11) is 0. The molecule has 0 aromatic carbocycles. The van der Waals surface area contributed by atoms with E-state index in [1.165, 1.54) is 0 Å². The molecular weight excluding hydrogens is 266 g/mol. The first kappa shape index (κ1) is 15.5. The van der Waals surface area contributed by atoms with Crippen LogP contribution in [-0.4, -0.2) is 33.8 Å². The smallest absolute Gasteiger partial charge is 0.246 e. The van der Waals surface area contributed by atoms with Crippen LogP contribution in [0.3, 0.4) is 0 Å². The summed E-state index contributed by atoms with van der Waals surface area (Å²) < 4.78 is 0. The summed E-state index contributed by atoms with van der Waals surface area (Å²) in [5.74, 6) is -0.0436. The first-order valence-electron chi connectivity index (χ1n) is 7.49. The van der Waals surface area contributed by atoms with Gasteiger partial charge in [-0.1, -0.05) is 26.8 Å². The topological polar surface area (TPSA) is 62.3 Å². The lowest BCUT2D eigenvalue weighted by molar-refractivity contribution is -0.150. The average molecular weight is 289 g/mol. The molecule has 0 saturated carbocycles. The number of carbonyl (C=O) groups excluding carboxylic acids is 2. The summed E-state index contributed by atoms with van der Waals surface area (Å²) in [4.78, 5) is 30.7. The molecule has 1 aromatic heterocycles. The molecule has 0 bridgehead atoms. The van der Waals surface area contributed by atoms with E-state index in [9.17, 15) is 9.59 Å². The Bertz CT molecular complexity index is 542. The molecule has 1 aromatic rings. The highest BCUT2D eigenvalue weighted by molar-refractivity contribution is 5.96. The Hall–Kier alpha value is -1.91. The van der Waals surface area contributed by atoms with Crippen LogP contribution in [0.2, 0.25) is 0 Å². The minimum absolute atomic E-state index is 0.0233. The molecule has 2 atom stereocenters. The number of pyridine rings is 1. The van der Waals surface area contributed by atoms with Crippen LogP contribution in [-0.2, 0) is 22.6 Å². The van der Waals surface area contributed by atoms with Gasteiger partial charge in [-0.2, -0.15) is 0 Å². The van der Waals surface area contributed by atoms with Gasteiger partial charge < -0.3 is 10.2 Å². The lowest BCUT2D eigenvalue weighted by atomic mass is 9.98. The van der Waals surface area contributed by atoms with Crippen LogP contribution in [0.1, 0.15) is 39.0 Å². The van der Waals surface area contributed by atoms with Crippen molar-refractivity contribution in [3.8, 4) is 0 Å². The van der Waals surface area contributed by atoms with E-state index in [1.807, 2.05) is 26.0 Å². The van der Waals surface area contributed by atoms with Crippen LogP contribution in [0, 0.1) is 5.92 Å². The van der Waals surface area contributed by atoms with Gasteiger partial charge in [-0.15, -0.1) is 0 Å². The maximum absolute atomic E-state index is 12.6. The van der Waals surface area contributed by atoms with Crippen molar-refractivity contribution in [1.29, 1.82) is 0 Å². The Morgan fingerprint density at radius 2 is 2.10 bits per heavy atom. The SMILES string of the molecule is CCc1cccnc1CN1C(=O)C(C(C)C)NC(=O)C1C. The van der Waals surface area contributed by atoms with Crippen LogP contribution >= 0.6 is 0 Å². The highest BCUT2D eigenvalue weighted by Crippen LogP contribution is 2.19. The molecule has 21 heavy (non-hydrogen) atoms. The van der Waals surface area contributed by atoms with Gasteiger partial charge in [-0.25, -0.2) is 0 Å². The van der Waals surface area contributed by atoms with Crippen LogP contribution in [0.4, 0.5) is 0 Å². The predicted molar refractivity (Wildman–Crippen MR) is 80.4 cm³/mol. The first-order chi connectivity index (χ1) is 9.95. The Balaban J connectivity index is 2.27. The zero-order chi connectivity index (χ0) is 15.6. The fraction of sp³-hybridized carbons (Fsp3) is 0.562. The van der Waals surface area contributed by atoms with E-state index < -0.39 is 12.1 Å². The summed E-state index contributed by atoms with van der Waals surface area (Å²) in [6.07, 6.45) is 2.59. The molecule has 1 N–H and O–H groups in total. The molecule has 0 spiro atoms. The van der Waals surface area contributed by atoms with Crippen molar-refractivity contribution in [2.45, 2.75) is 52.7 Å². The fourth-order valence-corrected chi connectivity index (χ4v) is 2.61. The van der Waals surface area contributed by atoms with E-state index in [0.717, 1.165) is 17.7 Å². The Morgan fingerprint density at radius 1 is 1.38 bits per heavy atom. The van der Waals surface area contributed by atoms with E-state index in [4.69, 9.17) is 0 Å². The van der Waals surface area contributed by atoms with Gasteiger partial charge in [0, 0.05) is 6.20 Å². The summed E-state index contributed by atoms with van der Waals surface area (Å²) in [5.41, 5.74) is 1.99. The van der Waals surface area contributed by atoms with Gasteiger partial charge in [0.1, 0.15) is 12.1 Å². The zero-order valence-corrected chi connectivity index (χ0v) is 13.1. The van der Waals surface area contributed by atoms with Gasteiger partial charge in [0.2, 0.25) is 11.8 Å². The lowest BCUT2D eigenvalue weighted by Gasteiger charge is -2.38. The second-order valence-corrected chi connectivity index (χ2v) is 5.84. The minimum atomic E-state index is -0.459. The molecule has 0 radical (unpaired) electrons. The van der Waals surface area contributed by atoms with Gasteiger partial charge in [0.05, 0.1) is 12.2 Å². The molecule has 114 valence electrons. The van der Waals surface area contributed by atoms with Gasteiger partial charge in [-0.3, -0.25) is 14.6 Å². The minimum Gasteiger partial charge on any atom is -0.342 e. The normalized spacial score (nSPS) is 22.6. The number of hydrogen-bond acceptors (Lipinski definition) is 3. The molecule has 1 aliphatic rings. The fourth-order valence-electron chi connectivity index (χ4n) is 2.61. The molecule has 2 unspecified atom stereocenters. The molecule has 2 amide bonds. The van der Waals surface area contributed by atoms with Gasteiger partial charge in [-0.05, 0) is 30.9 Å². The maximum atomic E-state index is 12.6. The van der Waals surface area contributed by atoms with Crippen molar-refractivity contribution in [1.82, 2.24) is 15.2 Å². The number of nitrogens with one attached hydrogen (secondary N) is 1. The zero-order valence-electron chi connectivity index (χ0n) is 13.1. The lowest BCUT2D eigenvalue weighted by Crippen LogP contribution is -2.63. The van der Waals surface area contributed by atoms with E-state index in [2.05, 4.69) is 17.2 Å². The molecule has 1 aliphatic heterocycles. The van der Waals surface area contributed by atoms with Crippen molar-refractivity contribution in [2.24, 2.45) is 5.92 Å². The molecule has 5 heteroatoms. The number of aromatic nitrogens is 1. The maximum Gasteiger partial charge on any atom is 0.246 e. The number of amides is 2. The Labute approximate surface area is 125 Å². The average Bonchev–Trinajstić information content (AvgIpc) is 2.47. The number of aryl methyl sites for hydroxylation is 1. The van der Waals surface area contributed by atoms with Crippen molar-refractivity contribution >= 4 is 11.8 Å². The first-order valence-corrected chi connectivity index (χ1v) is 7.49. The van der Waals surface area contributed by atoms with Gasteiger partial charge in [0.15, 0.2) is 0 Å². The molecule has 1 fully saturated rings. The van der Waals surface area contributed by atoms with Crippen LogP contribution in [0.15, 0.2) is 18.3 Å². The molecule has 1 saturated heterocycles. The van der Waals surface area contributed by atoms with Crippen molar-refractivity contribution < 1.29 is 9.59 Å². The monoisotopic (exact) mass is 289 g/mol. The van der Waals surface area contributed by atoms with E-state index in [-0.39, 0.29) is 17.7 Å². The standard InChI is InChI=1S/C16H23N3O2/c1-5-12-7-6-8-17-13(12)9-19-11(4)15(20)18-14(10(2)3)16(19)21/h6-8,10-11,14H,5,9H2,1-4H3,(H,18,20). The quantitative estimate of drug-likeness (QED) is 0.914. The third-order valence-electron chi connectivity index (χ3n) is 4.05. The highest BCUT2D eigenvalue weighted by atomic mass is 16.2. The Kier molecular flexibility index (Phi) is 4.60. The number of hydrogen-bond donors (Lipinski definition) is 1. The third-order valence-corrected chi connectivity index (χ3v) is 4.05. The van der Waals surface area contributed by atoms with Crippen molar-refractivity contribution in [3.05, 3.63) is 29.6 Å². The summed E-state index contributed by atoms with van der Waals surface area (Å²) >= 11 is 0. The molecule has 2 rings (SSSR count). The molecule has 0 aliphatic carbocycles. The molecular formula is C16H23N3O2. The van der Waals surface area contributed by atoms with Crippen LogP contribution in [0.25, 0.3) is 0 Å². The number of piperazine rings is 1. The second kappa shape index (κ2) is 6.24. The van der Waals surface area contributed by atoms with Gasteiger partial charge >= 0.3 is 0 Å². The van der Waals surface area contributed by atoms with Gasteiger partial charge in [0.25, 0.3) is 0 Å². The summed E-state index contributed by atoms with van der Waals surface area (Å²) in [6, 6.07) is 3.01. The highest BCUT2D eigenvalue weighted by Gasteiger charge is 2.39. The molecule has 2 heterocycles. The van der Waals surface area contributed by atoms with Crippen molar-refractivity contribution in [3.63, 3.8) is 0 Å². The van der Waals surface area contributed by atoms with Crippen molar-refractivity contribution in [2.75, 3.05) is 0 Å². The predicted octanol–water partition coefficient (Wildman–Crippen LogP) is 1.52. The second-order valence-electron chi connectivity index (χ2n) is 5.84. The number of carbonyl (C=O) groups is 2. The van der Waals surface area contributed by atoms with Crippen LogP contribution < -0.4 is 5.32 Å².